The van der Waals surface area contributed by atoms with Gasteiger partial charge in [-0.2, -0.15) is 0 Å². The number of benzene rings is 1. The van der Waals surface area contributed by atoms with Crippen molar-refractivity contribution in [3.63, 3.8) is 0 Å². The first kappa shape index (κ1) is 26.6. The Bertz CT molecular complexity index is 860. The number of carbonyl (C=O) groups excluding carboxylic acids is 3. The SMILES string of the molecule is CCC(N)=O.CCCC(=O)C1(C2=CCCC=C2)CCN(C(=O)CCc2ccc(C)cc2)CC1. The zero-order valence-corrected chi connectivity index (χ0v) is 20.6. The zero-order valence-electron chi connectivity index (χ0n) is 20.6. The maximum atomic E-state index is 13.1. The van der Waals surface area contributed by atoms with Gasteiger partial charge in [0.2, 0.25) is 11.8 Å². The molecule has 0 bridgehead atoms. The molecule has 1 heterocycles. The minimum Gasteiger partial charge on any atom is -0.370 e. The van der Waals surface area contributed by atoms with Crippen LogP contribution in [0.25, 0.3) is 0 Å². The molecule has 0 saturated carbocycles. The second-order valence-electron chi connectivity index (χ2n) is 9.08. The number of amides is 2. The fourth-order valence-corrected chi connectivity index (χ4v) is 4.47. The lowest BCUT2D eigenvalue weighted by molar-refractivity contribution is -0.137. The molecule has 180 valence electrons. The molecule has 0 spiro atoms. The third kappa shape index (κ3) is 7.69. The van der Waals surface area contributed by atoms with Gasteiger partial charge in [0, 0.05) is 32.4 Å². The largest absolute Gasteiger partial charge is 0.370 e. The topological polar surface area (TPSA) is 80.5 Å². The Morgan fingerprint density at radius 1 is 1.00 bits per heavy atom. The summed E-state index contributed by atoms with van der Waals surface area (Å²) in [6.45, 7) is 7.25. The number of rotatable bonds is 8. The molecule has 1 fully saturated rings. The molecular weight excluding hydrogens is 412 g/mol. The molecule has 1 aliphatic heterocycles. The second-order valence-corrected chi connectivity index (χ2v) is 9.08. The molecule has 3 rings (SSSR count). The fraction of sp³-hybridized carbons (Fsp3) is 0.536. The van der Waals surface area contributed by atoms with Gasteiger partial charge in [-0.3, -0.25) is 14.4 Å². The normalized spacial score (nSPS) is 16.9. The van der Waals surface area contributed by atoms with Gasteiger partial charge in [0.15, 0.2) is 0 Å². The number of hydrogen-bond acceptors (Lipinski definition) is 3. The molecular formula is C28H40N2O3. The highest BCUT2D eigenvalue weighted by atomic mass is 16.2. The molecule has 0 radical (unpaired) electrons. The highest BCUT2D eigenvalue weighted by Crippen LogP contribution is 2.43. The van der Waals surface area contributed by atoms with Crippen molar-refractivity contribution in [3.05, 3.63) is 59.2 Å². The summed E-state index contributed by atoms with van der Waals surface area (Å²) < 4.78 is 0. The summed E-state index contributed by atoms with van der Waals surface area (Å²) in [5.41, 5.74) is 7.93. The van der Waals surface area contributed by atoms with Crippen molar-refractivity contribution < 1.29 is 14.4 Å². The Balaban J connectivity index is 0.000000696. The Morgan fingerprint density at radius 3 is 2.15 bits per heavy atom. The van der Waals surface area contributed by atoms with E-state index in [0.717, 1.165) is 38.5 Å². The number of Topliss-reactive ketones (excluding diaryl/α,β-unsaturated/α-hetero) is 1. The average Bonchev–Trinajstić information content (AvgIpc) is 2.84. The molecule has 0 aromatic heterocycles. The Labute approximate surface area is 199 Å². The van der Waals surface area contributed by atoms with E-state index >= 15 is 0 Å². The lowest BCUT2D eigenvalue weighted by atomic mass is 9.67. The summed E-state index contributed by atoms with van der Waals surface area (Å²) in [6.07, 6.45) is 13.5. The Morgan fingerprint density at radius 2 is 1.64 bits per heavy atom. The molecule has 0 unspecified atom stereocenters. The quantitative estimate of drug-likeness (QED) is 0.598. The van der Waals surface area contributed by atoms with E-state index in [1.807, 2.05) is 4.90 Å². The summed E-state index contributed by atoms with van der Waals surface area (Å²) >= 11 is 0. The van der Waals surface area contributed by atoms with Gasteiger partial charge in [0.1, 0.15) is 5.78 Å². The molecule has 5 nitrogen and oxygen atoms in total. The van der Waals surface area contributed by atoms with E-state index in [-0.39, 0.29) is 17.2 Å². The van der Waals surface area contributed by atoms with Crippen molar-refractivity contribution in [1.82, 2.24) is 4.90 Å². The van der Waals surface area contributed by atoms with E-state index in [2.05, 4.69) is 62.1 Å². The average molecular weight is 453 g/mol. The van der Waals surface area contributed by atoms with Crippen LogP contribution in [0.1, 0.15) is 76.3 Å². The molecule has 33 heavy (non-hydrogen) atoms. The lowest BCUT2D eigenvalue weighted by Gasteiger charge is -2.42. The van der Waals surface area contributed by atoms with Gasteiger partial charge >= 0.3 is 0 Å². The van der Waals surface area contributed by atoms with Crippen LogP contribution >= 0.6 is 0 Å². The molecule has 5 heteroatoms. The standard InChI is InChI=1S/C25H33NO2.C3H7NO/c1-3-7-23(27)25(22-8-5-4-6-9-22)16-18-26(19-17-25)24(28)15-14-21-12-10-20(2)11-13-21;1-2-3(4)5/h5,8-13H,3-4,6-7,14-19H2,1-2H3;2H2,1H3,(H2,4,5). The smallest absolute Gasteiger partial charge is 0.222 e. The van der Waals surface area contributed by atoms with Crippen LogP contribution in [0, 0.1) is 12.3 Å². The minimum absolute atomic E-state index is 0.213. The first-order valence-corrected chi connectivity index (χ1v) is 12.3. The van der Waals surface area contributed by atoms with E-state index in [9.17, 15) is 14.4 Å². The van der Waals surface area contributed by atoms with Gasteiger partial charge in [-0.05, 0) is 56.6 Å². The summed E-state index contributed by atoms with van der Waals surface area (Å²) in [6, 6.07) is 8.41. The molecule has 1 aromatic carbocycles. The molecule has 2 N–H and O–H groups in total. The minimum atomic E-state index is -0.374. The summed E-state index contributed by atoms with van der Waals surface area (Å²) in [7, 11) is 0. The van der Waals surface area contributed by atoms with Crippen LogP contribution in [0.5, 0.6) is 0 Å². The van der Waals surface area contributed by atoms with E-state index in [1.54, 1.807) is 6.92 Å². The Hall–Kier alpha value is -2.69. The molecule has 0 atom stereocenters. The lowest BCUT2D eigenvalue weighted by Crippen LogP contribution is -2.47. The summed E-state index contributed by atoms with van der Waals surface area (Å²) in [5, 5.41) is 0. The van der Waals surface area contributed by atoms with Crippen LogP contribution in [0.3, 0.4) is 0 Å². The molecule has 2 aliphatic rings. The van der Waals surface area contributed by atoms with Crippen molar-refractivity contribution >= 4 is 17.6 Å². The molecule has 1 aliphatic carbocycles. The highest BCUT2D eigenvalue weighted by molar-refractivity contribution is 5.89. The predicted molar refractivity (Wildman–Crippen MR) is 134 cm³/mol. The van der Waals surface area contributed by atoms with E-state index in [4.69, 9.17) is 0 Å². The van der Waals surface area contributed by atoms with Gasteiger partial charge in [-0.25, -0.2) is 0 Å². The zero-order chi connectivity index (χ0) is 24.3. The fourth-order valence-electron chi connectivity index (χ4n) is 4.47. The van der Waals surface area contributed by atoms with Gasteiger partial charge in [-0.15, -0.1) is 0 Å². The van der Waals surface area contributed by atoms with Crippen LogP contribution in [-0.4, -0.2) is 35.6 Å². The number of primary amides is 1. The number of allylic oxidation sites excluding steroid dienone is 4. The summed E-state index contributed by atoms with van der Waals surface area (Å²) in [5.74, 6) is 0.329. The second kappa shape index (κ2) is 13.1. The van der Waals surface area contributed by atoms with E-state index in [1.165, 1.54) is 16.7 Å². The first-order chi connectivity index (χ1) is 15.8. The molecule has 2 amide bonds. The number of likely N-dealkylation sites (tertiary alicyclic amines) is 1. The van der Waals surface area contributed by atoms with Crippen LogP contribution in [-0.2, 0) is 20.8 Å². The van der Waals surface area contributed by atoms with Gasteiger partial charge in [-0.1, -0.05) is 61.9 Å². The first-order valence-electron chi connectivity index (χ1n) is 12.3. The van der Waals surface area contributed by atoms with Gasteiger partial charge in [0.05, 0.1) is 5.41 Å². The third-order valence-corrected chi connectivity index (χ3v) is 6.62. The Kier molecular flexibility index (Phi) is 10.6. The monoisotopic (exact) mass is 452 g/mol. The number of nitrogens with two attached hydrogens (primary N) is 1. The van der Waals surface area contributed by atoms with Crippen LogP contribution in [0.4, 0.5) is 0 Å². The van der Waals surface area contributed by atoms with Gasteiger partial charge in [0.25, 0.3) is 0 Å². The van der Waals surface area contributed by atoms with Crippen LogP contribution in [0.15, 0.2) is 48.1 Å². The third-order valence-electron chi connectivity index (χ3n) is 6.62. The number of carbonyl (C=O) groups is 3. The van der Waals surface area contributed by atoms with Crippen molar-refractivity contribution in [1.29, 1.82) is 0 Å². The van der Waals surface area contributed by atoms with Crippen molar-refractivity contribution in [2.45, 2.75) is 78.6 Å². The van der Waals surface area contributed by atoms with E-state index < -0.39 is 0 Å². The van der Waals surface area contributed by atoms with Gasteiger partial charge < -0.3 is 10.6 Å². The van der Waals surface area contributed by atoms with Crippen molar-refractivity contribution in [3.8, 4) is 0 Å². The molecule has 1 aromatic rings. The number of hydrogen-bond donors (Lipinski definition) is 1. The van der Waals surface area contributed by atoms with Crippen molar-refractivity contribution in [2.75, 3.05) is 13.1 Å². The number of aryl methyl sites for hydroxylation is 2. The van der Waals surface area contributed by atoms with Crippen LogP contribution < -0.4 is 5.73 Å². The molecule has 1 saturated heterocycles. The highest BCUT2D eigenvalue weighted by Gasteiger charge is 2.43. The van der Waals surface area contributed by atoms with Crippen LogP contribution in [0.2, 0.25) is 0 Å². The number of nitrogens with zero attached hydrogens (tertiary/aromatic N) is 1. The number of ketones is 1. The van der Waals surface area contributed by atoms with E-state index in [0.29, 0.717) is 38.1 Å². The maximum Gasteiger partial charge on any atom is 0.222 e. The maximum absolute atomic E-state index is 13.1. The van der Waals surface area contributed by atoms with Crippen molar-refractivity contribution in [2.24, 2.45) is 11.1 Å². The summed E-state index contributed by atoms with van der Waals surface area (Å²) in [4.78, 5) is 37.4. The number of piperidine rings is 1. The predicted octanol–water partition coefficient (Wildman–Crippen LogP) is 5.06.